The lowest BCUT2D eigenvalue weighted by atomic mass is 10.1. The molecule has 27 heavy (non-hydrogen) atoms. The highest BCUT2D eigenvalue weighted by Gasteiger charge is 2.15. The molecule has 0 atom stereocenters. The number of fused-ring (bicyclic) bond motifs is 3. The zero-order chi connectivity index (χ0) is 18.5. The highest BCUT2D eigenvalue weighted by atomic mass is 15.3. The standard InChI is InChI=1S/C21H18N6/c1-13-8-9-18(15(3)10-13)27-20-17(11-23-27)21-24-19(25-26(21)12-22-20)16-7-5-4-6-14(16)2/h4-12H,1-3H3. The number of hydrogen-bond acceptors (Lipinski definition) is 4. The predicted molar refractivity (Wildman–Crippen MR) is 105 cm³/mol. The van der Waals surface area contributed by atoms with Crippen molar-refractivity contribution in [2.45, 2.75) is 20.8 Å². The number of rotatable bonds is 2. The molecule has 6 nitrogen and oxygen atoms in total. The van der Waals surface area contributed by atoms with E-state index in [4.69, 9.17) is 4.98 Å². The summed E-state index contributed by atoms with van der Waals surface area (Å²) in [6, 6.07) is 14.4. The summed E-state index contributed by atoms with van der Waals surface area (Å²) in [5.41, 5.74) is 7.10. The van der Waals surface area contributed by atoms with Crippen LogP contribution in [0.2, 0.25) is 0 Å². The Kier molecular flexibility index (Phi) is 3.33. The summed E-state index contributed by atoms with van der Waals surface area (Å²) < 4.78 is 3.59. The molecule has 0 spiro atoms. The van der Waals surface area contributed by atoms with Gasteiger partial charge in [-0.3, -0.25) is 0 Å². The Labute approximate surface area is 156 Å². The van der Waals surface area contributed by atoms with Gasteiger partial charge in [-0.15, -0.1) is 5.10 Å². The third-order valence-electron chi connectivity index (χ3n) is 4.87. The van der Waals surface area contributed by atoms with E-state index in [2.05, 4.69) is 60.2 Å². The second kappa shape index (κ2) is 5.74. The van der Waals surface area contributed by atoms with Crippen molar-refractivity contribution in [2.24, 2.45) is 0 Å². The van der Waals surface area contributed by atoms with E-state index >= 15 is 0 Å². The van der Waals surface area contributed by atoms with Gasteiger partial charge in [0.15, 0.2) is 17.1 Å². The number of aryl methyl sites for hydroxylation is 3. The molecule has 0 fully saturated rings. The van der Waals surface area contributed by atoms with Gasteiger partial charge in [0.25, 0.3) is 0 Å². The normalized spacial score (nSPS) is 11.5. The van der Waals surface area contributed by atoms with Gasteiger partial charge in [-0.1, -0.05) is 42.0 Å². The van der Waals surface area contributed by atoms with E-state index in [0.717, 1.165) is 39.1 Å². The SMILES string of the molecule is Cc1ccc(-n2ncc3c2ncn2nc(-c4ccccc4C)nc32)c(C)c1. The summed E-state index contributed by atoms with van der Waals surface area (Å²) in [5, 5.41) is 10.1. The Bertz CT molecular complexity index is 1310. The van der Waals surface area contributed by atoms with Crippen LogP contribution in [-0.2, 0) is 0 Å². The van der Waals surface area contributed by atoms with Gasteiger partial charge in [0.2, 0.25) is 0 Å². The minimum absolute atomic E-state index is 0.696. The molecule has 0 N–H and O–H groups in total. The molecule has 0 amide bonds. The lowest BCUT2D eigenvalue weighted by Crippen LogP contribution is -2.01. The smallest absolute Gasteiger partial charge is 0.182 e. The Morgan fingerprint density at radius 3 is 2.56 bits per heavy atom. The predicted octanol–water partition coefficient (Wildman–Crippen LogP) is 4.06. The molecule has 3 heterocycles. The molecule has 0 saturated carbocycles. The highest BCUT2D eigenvalue weighted by Crippen LogP contribution is 2.25. The van der Waals surface area contributed by atoms with E-state index in [1.54, 1.807) is 10.8 Å². The summed E-state index contributed by atoms with van der Waals surface area (Å²) in [6.07, 6.45) is 3.52. The first-order valence-electron chi connectivity index (χ1n) is 8.84. The highest BCUT2D eigenvalue weighted by molar-refractivity contribution is 5.90. The summed E-state index contributed by atoms with van der Waals surface area (Å²) in [5.74, 6) is 0.696. The van der Waals surface area contributed by atoms with Crippen molar-refractivity contribution in [1.82, 2.24) is 29.4 Å². The summed E-state index contributed by atoms with van der Waals surface area (Å²) >= 11 is 0. The average Bonchev–Trinajstić information content (AvgIpc) is 3.26. The van der Waals surface area contributed by atoms with Crippen LogP contribution in [0.25, 0.3) is 33.8 Å². The molecule has 5 rings (SSSR count). The first kappa shape index (κ1) is 15.7. The molecule has 0 radical (unpaired) electrons. The van der Waals surface area contributed by atoms with E-state index in [1.165, 1.54) is 5.56 Å². The minimum Gasteiger partial charge on any atom is -0.216 e. The lowest BCUT2D eigenvalue weighted by Gasteiger charge is -2.07. The molecule has 0 aliphatic carbocycles. The summed E-state index contributed by atoms with van der Waals surface area (Å²) in [4.78, 5) is 9.37. The third-order valence-corrected chi connectivity index (χ3v) is 4.87. The molecule has 6 heteroatoms. The topological polar surface area (TPSA) is 60.9 Å². The van der Waals surface area contributed by atoms with E-state index in [9.17, 15) is 0 Å². The Balaban J connectivity index is 1.73. The van der Waals surface area contributed by atoms with Crippen molar-refractivity contribution >= 4 is 16.7 Å². The number of hydrogen-bond donors (Lipinski definition) is 0. The van der Waals surface area contributed by atoms with Crippen LogP contribution in [0.15, 0.2) is 55.0 Å². The first-order chi connectivity index (χ1) is 13.1. The van der Waals surface area contributed by atoms with Gasteiger partial charge in [-0.05, 0) is 38.0 Å². The Morgan fingerprint density at radius 2 is 1.74 bits per heavy atom. The maximum atomic E-state index is 4.77. The Morgan fingerprint density at radius 1 is 0.889 bits per heavy atom. The van der Waals surface area contributed by atoms with Gasteiger partial charge < -0.3 is 0 Å². The van der Waals surface area contributed by atoms with Gasteiger partial charge in [0.1, 0.15) is 6.33 Å². The van der Waals surface area contributed by atoms with Crippen LogP contribution in [0.1, 0.15) is 16.7 Å². The second-order valence-electron chi connectivity index (χ2n) is 6.85. The number of nitrogens with zero attached hydrogens (tertiary/aromatic N) is 6. The van der Waals surface area contributed by atoms with E-state index < -0.39 is 0 Å². The molecule has 0 aliphatic rings. The quantitative estimate of drug-likeness (QED) is 0.480. The van der Waals surface area contributed by atoms with Gasteiger partial charge in [0, 0.05) is 5.56 Å². The zero-order valence-corrected chi connectivity index (χ0v) is 15.4. The van der Waals surface area contributed by atoms with Crippen LogP contribution in [0, 0.1) is 20.8 Å². The third kappa shape index (κ3) is 2.41. The minimum atomic E-state index is 0.696. The van der Waals surface area contributed by atoms with Crippen molar-refractivity contribution in [1.29, 1.82) is 0 Å². The van der Waals surface area contributed by atoms with Crippen LogP contribution in [0.4, 0.5) is 0 Å². The van der Waals surface area contributed by atoms with Crippen LogP contribution in [0.3, 0.4) is 0 Å². The van der Waals surface area contributed by atoms with E-state index in [1.807, 2.05) is 29.1 Å². The fourth-order valence-corrected chi connectivity index (χ4v) is 3.48. The largest absolute Gasteiger partial charge is 0.216 e. The molecule has 0 saturated heterocycles. The Hall–Kier alpha value is -3.54. The maximum absolute atomic E-state index is 4.77. The van der Waals surface area contributed by atoms with Crippen molar-refractivity contribution < 1.29 is 0 Å². The molecular weight excluding hydrogens is 336 g/mol. The summed E-state index contributed by atoms with van der Waals surface area (Å²) in [6.45, 7) is 6.23. The van der Waals surface area contributed by atoms with Gasteiger partial charge in [0.05, 0.1) is 17.3 Å². The van der Waals surface area contributed by atoms with Crippen molar-refractivity contribution in [3.05, 3.63) is 71.7 Å². The first-order valence-corrected chi connectivity index (χ1v) is 8.84. The molecule has 5 aromatic rings. The van der Waals surface area contributed by atoms with Gasteiger partial charge >= 0.3 is 0 Å². The fraction of sp³-hybridized carbons (Fsp3) is 0.143. The van der Waals surface area contributed by atoms with Crippen molar-refractivity contribution in [3.8, 4) is 17.1 Å². The molecule has 3 aromatic heterocycles. The van der Waals surface area contributed by atoms with Crippen LogP contribution in [0.5, 0.6) is 0 Å². The second-order valence-corrected chi connectivity index (χ2v) is 6.85. The zero-order valence-electron chi connectivity index (χ0n) is 15.4. The lowest BCUT2D eigenvalue weighted by molar-refractivity contribution is 0.876. The molecular formula is C21H18N6. The molecule has 2 aromatic carbocycles. The molecule has 0 aliphatic heterocycles. The van der Waals surface area contributed by atoms with Crippen molar-refractivity contribution in [3.63, 3.8) is 0 Å². The monoisotopic (exact) mass is 354 g/mol. The van der Waals surface area contributed by atoms with E-state index in [0.29, 0.717) is 5.82 Å². The van der Waals surface area contributed by atoms with Crippen molar-refractivity contribution in [2.75, 3.05) is 0 Å². The molecule has 0 unspecified atom stereocenters. The molecule has 132 valence electrons. The van der Waals surface area contributed by atoms with Gasteiger partial charge in [-0.2, -0.15) is 5.10 Å². The van der Waals surface area contributed by atoms with Crippen LogP contribution >= 0.6 is 0 Å². The molecule has 0 bridgehead atoms. The van der Waals surface area contributed by atoms with Crippen LogP contribution in [-0.4, -0.2) is 29.4 Å². The maximum Gasteiger partial charge on any atom is 0.182 e. The van der Waals surface area contributed by atoms with Gasteiger partial charge in [-0.25, -0.2) is 19.2 Å². The number of aromatic nitrogens is 6. The fourth-order valence-electron chi connectivity index (χ4n) is 3.48. The van der Waals surface area contributed by atoms with E-state index in [-0.39, 0.29) is 0 Å². The average molecular weight is 354 g/mol. The van der Waals surface area contributed by atoms with Crippen LogP contribution < -0.4 is 0 Å². The summed E-state index contributed by atoms with van der Waals surface area (Å²) in [7, 11) is 0. The number of benzene rings is 2.